The predicted octanol–water partition coefficient (Wildman–Crippen LogP) is 1.87. The van der Waals surface area contributed by atoms with Gasteiger partial charge in [0.1, 0.15) is 0 Å². The largest absolute Gasteiger partial charge is 0.416 e. The Balaban J connectivity index is 2.69. The summed E-state index contributed by atoms with van der Waals surface area (Å²) in [6.07, 6.45) is 8.84. The van der Waals surface area contributed by atoms with Crippen molar-refractivity contribution in [1.29, 1.82) is 0 Å². The Kier molecular flexibility index (Phi) is 1.98. The van der Waals surface area contributed by atoms with Crippen molar-refractivity contribution in [2.75, 3.05) is 0 Å². The van der Waals surface area contributed by atoms with Gasteiger partial charge in [0.25, 0.3) is 0 Å². The summed E-state index contributed by atoms with van der Waals surface area (Å²) in [5.74, 6) is 2.77. The van der Waals surface area contributed by atoms with Crippen LogP contribution in [0.2, 0.25) is 0 Å². The lowest BCUT2D eigenvalue weighted by Gasteiger charge is -2.35. The molecule has 1 saturated heterocycles. The molecule has 1 fully saturated rings. The number of hydrogen-bond donors (Lipinski definition) is 0. The second-order valence-corrected chi connectivity index (χ2v) is 4.20. The SMILES string of the molecule is C#CC1(C)CCCC(C)(C)[OH+]1. The minimum absolute atomic E-state index is 0.0966. The number of hydrogen-bond acceptors (Lipinski definition) is 0. The third kappa shape index (κ3) is 1.97. The van der Waals surface area contributed by atoms with Crippen molar-refractivity contribution in [2.24, 2.45) is 0 Å². The van der Waals surface area contributed by atoms with Crippen LogP contribution in [0.15, 0.2) is 0 Å². The van der Waals surface area contributed by atoms with E-state index in [9.17, 15) is 0 Å². The van der Waals surface area contributed by atoms with E-state index in [1.165, 1.54) is 12.8 Å². The van der Waals surface area contributed by atoms with Gasteiger partial charge in [-0.2, -0.15) is 0 Å². The molecule has 1 heterocycles. The zero-order chi connectivity index (χ0) is 8.54. The van der Waals surface area contributed by atoms with Crippen molar-refractivity contribution in [3.63, 3.8) is 0 Å². The van der Waals surface area contributed by atoms with Crippen molar-refractivity contribution in [1.82, 2.24) is 0 Å². The monoisotopic (exact) mass is 153 g/mol. The topological polar surface area (TPSA) is 12.8 Å². The van der Waals surface area contributed by atoms with E-state index in [4.69, 9.17) is 6.42 Å². The number of aliphatic hydroxyl groups is 2. The first-order chi connectivity index (χ1) is 4.97. The van der Waals surface area contributed by atoms with Crippen molar-refractivity contribution >= 4 is 0 Å². The Morgan fingerprint density at radius 1 is 1.27 bits per heavy atom. The van der Waals surface area contributed by atoms with Crippen LogP contribution in [0.5, 0.6) is 0 Å². The van der Waals surface area contributed by atoms with Gasteiger partial charge in [-0.15, -0.1) is 6.42 Å². The summed E-state index contributed by atoms with van der Waals surface area (Å²) in [6.45, 7) is 6.36. The molecule has 1 unspecified atom stereocenters. The molecule has 0 aromatic carbocycles. The van der Waals surface area contributed by atoms with Crippen LogP contribution >= 0.6 is 0 Å². The molecule has 1 rings (SSSR count). The predicted molar refractivity (Wildman–Crippen MR) is 47.4 cm³/mol. The van der Waals surface area contributed by atoms with Crippen LogP contribution in [0.3, 0.4) is 0 Å². The summed E-state index contributed by atoms with van der Waals surface area (Å²) in [6, 6.07) is 0. The first-order valence-electron chi connectivity index (χ1n) is 4.19. The summed E-state index contributed by atoms with van der Waals surface area (Å²) < 4.78 is 4.63. The molecule has 0 aromatic rings. The van der Waals surface area contributed by atoms with Crippen LogP contribution in [0.25, 0.3) is 0 Å². The lowest BCUT2D eigenvalue weighted by molar-refractivity contribution is -0.262. The van der Waals surface area contributed by atoms with Crippen molar-refractivity contribution in [3.05, 3.63) is 0 Å². The van der Waals surface area contributed by atoms with E-state index in [1.807, 2.05) is 6.92 Å². The van der Waals surface area contributed by atoms with Crippen LogP contribution in [0, 0.1) is 12.3 Å². The maximum Gasteiger partial charge on any atom is 0.224 e. The average Bonchev–Trinajstić information content (AvgIpc) is 1.85. The maximum atomic E-state index is 5.41. The highest BCUT2D eigenvalue weighted by Crippen LogP contribution is 2.31. The van der Waals surface area contributed by atoms with E-state index in [0.29, 0.717) is 0 Å². The quantitative estimate of drug-likeness (QED) is 0.372. The van der Waals surface area contributed by atoms with Crippen LogP contribution in [-0.4, -0.2) is 15.9 Å². The smallest absolute Gasteiger partial charge is 0.224 e. The van der Waals surface area contributed by atoms with Gasteiger partial charge in [-0.25, -0.2) is 0 Å². The summed E-state index contributed by atoms with van der Waals surface area (Å²) in [4.78, 5) is 0. The fourth-order valence-electron chi connectivity index (χ4n) is 1.75. The zero-order valence-electron chi connectivity index (χ0n) is 7.65. The highest BCUT2D eigenvalue weighted by Gasteiger charge is 2.40. The molecule has 1 aliphatic rings. The minimum atomic E-state index is -0.193. The van der Waals surface area contributed by atoms with Crippen LogP contribution in [0.1, 0.15) is 40.0 Å². The second kappa shape index (κ2) is 2.53. The fraction of sp³-hybridized carbons (Fsp3) is 0.800. The van der Waals surface area contributed by atoms with Gasteiger partial charge in [0.15, 0.2) is 5.60 Å². The summed E-state index contributed by atoms with van der Waals surface area (Å²) >= 11 is 0. The van der Waals surface area contributed by atoms with E-state index >= 15 is 0 Å². The molecule has 0 radical (unpaired) electrons. The molecule has 0 aromatic heterocycles. The van der Waals surface area contributed by atoms with Crippen LogP contribution < -0.4 is 0 Å². The van der Waals surface area contributed by atoms with Gasteiger partial charge in [0, 0.05) is 33.6 Å². The van der Waals surface area contributed by atoms with Crippen LogP contribution in [0.4, 0.5) is 0 Å². The van der Waals surface area contributed by atoms with Gasteiger partial charge in [-0.3, -0.25) is 0 Å². The number of ether oxygens (including phenoxy) is 1. The molecule has 1 N–H and O–H groups in total. The van der Waals surface area contributed by atoms with Crippen molar-refractivity contribution in [2.45, 2.75) is 51.2 Å². The van der Waals surface area contributed by atoms with Gasteiger partial charge < -0.3 is 4.74 Å². The molecular weight excluding hydrogens is 136 g/mol. The molecule has 0 spiro atoms. The highest BCUT2D eigenvalue weighted by atomic mass is 16.5. The van der Waals surface area contributed by atoms with Gasteiger partial charge in [0.05, 0.1) is 0 Å². The Bertz CT molecular complexity index is 188. The lowest BCUT2D eigenvalue weighted by Crippen LogP contribution is -2.46. The van der Waals surface area contributed by atoms with E-state index < -0.39 is 0 Å². The van der Waals surface area contributed by atoms with E-state index in [0.717, 1.165) is 6.42 Å². The van der Waals surface area contributed by atoms with Gasteiger partial charge >= 0.3 is 0 Å². The highest BCUT2D eigenvalue weighted by molar-refractivity contribution is 5.07. The minimum Gasteiger partial charge on any atom is -0.416 e. The number of rotatable bonds is 0. The van der Waals surface area contributed by atoms with E-state index in [2.05, 4.69) is 24.5 Å². The molecule has 11 heavy (non-hydrogen) atoms. The summed E-state index contributed by atoms with van der Waals surface area (Å²) in [5.41, 5.74) is -0.0961. The molecule has 1 atom stereocenters. The van der Waals surface area contributed by atoms with E-state index in [1.54, 1.807) is 0 Å². The van der Waals surface area contributed by atoms with Gasteiger partial charge in [-0.05, 0) is 12.3 Å². The van der Waals surface area contributed by atoms with Gasteiger partial charge in [0.2, 0.25) is 5.60 Å². The van der Waals surface area contributed by atoms with Crippen LogP contribution in [-0.2, 0) is 0 Å². The van der Waals surface area contributed by atoms with E-state index in [-0.39, 0.29) is 11.2 Å². The Morgan fingerprint density at radius 2 is 1.91 bits per heavy atom. The molecule has 0 aliphatic carbocycles. The first-order valence-corrected chi connectivity index (χ1v) is 4.19. The Morgan fingerprint density at radius 3 is 2.27 bits per heavy atom. The van der Waals surface area contributed by atoms with Crippen molar-refractivity contribution < 1.29 is 4.74 Å². The second-order valence-electron chi connectivity index (χ2n) is 4.20. The normalized spacial score (nSPS) is 36.2. The average molecular weight is 153 g/mol. The molecule has 0 saturated carbocycles. The number of terminal acetylenes is 1. The fourth-order valence-corrected chi connectivity index (χ4v) is 1.75. The Labute approximate surface area is 69.1 Å². The Hall–Kier alpha value is -0.480. The van der Waals surface area contributed by atoms with Crippen molar-refractivity contribution in [3.8, 4) is 12.3 Å². The third-order valence-electron chi connectivity index (χ3n) is 2.31. The molecule has 1 heteroatoms. The lowest BCUT2D eigenvalue weighted by atomic mass is 9.88. The molecule has 0 bridgehead atoms. The zero-order valence-corrected chi connectivity index (χ0v) is 7.65. The molecule has 62 valence electrons. The standard InChI is InChI=1S/C10H16O/c1-5-10(4)8-6-7-9(2,3)11-10/h1H,6-8H2,2-4H3/p+1. The molecule has 1 aliphatic heterocycles. The molecule has 1 nitrogen and oxygen atoms in total. The first kappa shape index (κ1) is 8.62. The molecule has 0 amide bonds. The van der Waals surface area contributed by atoms with Gasteiger partial charge in [-0.1, -0.05) is 0 Å². The molecular formula is C10H17O+. The summed E-state index contributed by atoms with van der Waals surface area (Å²) in [5, 5.41) is 0. The maximum absolute atomic E-state index is 5.41. The summed E-state index contributed by atoms with van der Waals surface area (Å²) in [7, 11) is 0. The third-order valence-corrected chi connectivity index (χ3v) is 2.31.